The van der Waals surface area contributed by atoms with Crippen LogP contribution in [0.25, 0.3) is 44.7 Å². The SMILES string of the molecule is O=c1oc(-c2cccc(F)c2)nc2cc(Cc3ccc4c(=O)oc(-c5cccc(F)c5)nc4c3)ccc12. The molecule has 2 heterocycles. The summed E-state index contributed by atoms with van der Waals surface area (Å²) in [6, 6.07) is 21.7. The van der Waals surface area contributed by atoms with Gasteiger partial charge in [0.1, 0.15) is 11.6 Å². The molecule has 0 spiro atoms. The average Bonchev–Trinajstić information content (AvgIpc) is 2.88. The minimum absolute atomic E-state index is 0.0284. The zero-order valence-corrected chi connectivity index (χ0v) is 19.1. The van der Waals surface area contributed by atoms with Crippen molar-refractivity contribution >= 4 is 21.8 Å². The van der Waals surface area contributed by atoms with Crippen LogP contribution in [0.5, 0.6) is 0 Å². The Morgan fingerprint density at radius 2 is 1.05 bits per heavy atom. The highest BCUT2D eigenvalue weighted by atomic mass is 19.1. The summed E-state index contributed by atoms with van der Waals surface area (Å²) in [7, 11) is 0. The third kappa shape index (κ3) is 4.40. The van der Waals surface area contributed by atoms with E-state index < -0.39 is 22.9 Å². The minimum atomic E-state index is -0.567. The van der Waals surface area contributed by atoms with E-state index in [0.717, 1.165) is 11.1 Å². The maximum absolute atomic E-state index is 13.7. The maximum Gasteiger partial charge on any atom is 0.347 e. The molecule has 0 aliphatic rings. The van der Waals surface area contributed by atoms with E-state index in [4.69, 9.17) is 8.83 Å². The predicted molar refractivity (Wildman–Crippen MR) is 134 cm³/mol. The molecule has 0 saturated heterocycles. The fourth-order valence-electron chi connectivity index (χ4n) is 4.18. The molecule has 0 radical (unpaired) electrons. The van der Waals surface area contributed by atoms with E-state index in [-0.39, 0.29) is 11.8 Å². The van der Waals surface area contributed by atoms with Crippen LogP contribution in [0.3, 0.4) is 0 Å². The van der Waals surface area contributed by atoms with E-state index in [0.29, 0.717) is 39.4 Å². The molecule has 180 valence electrons. The highest BCUT2D eigenvalue weighted by Crippen LogP contribution is 2.23. The smallest absolute Gasteiger partial charge is 0.347 e. The number of fused-ring (bicyclic) bond motifs is 2. The molecular weight excluding hydrogens is 478 g/mol. The van der Waals surface area contributed by atoms with Crippen LogP contribution >= 0.6 is 0 Å². The van der Waals surface area contributed by atoms with Gasteiger partial charge in [0.25, 0.3) is 0 Å². The molecular formula is C29H16F2N2O4. The van der Waals surface area contributed by atoms with Crippen LogP contribution in [0.4, 0.5) is 8.78 Å². The Balaban J connectivity index is 1.38. The van der Waals surface area contributed by atoms with Crippen LogP contribution in [-0.4, -0.2) is 9.97 Å². The molecule has 0 fully saturated rings. The third-order valence-electron chi connectivity index (χ3n) is 5.94. The van der Waals surface area contributed by atoms with Gasteiger partial charge in [-0.25, -0.2) is 28.3 Å². The second-order valence-corrected chi connectivity index (χ2v) is 8.51. The van der Waals surface area contributed by atoms with Crippen molar-refractivity contribution < 1.29 is 17.6 Å². The van der Waals surface area contributed by atoms with Crippen LogP contribution in [0.2, 0.25) is 0 Å². The molecule has 37 heavy (non-hydrogen) atoms. The molecule has 0 N–H and O–H groups in total. The molecule has 0 bridgehead atoms. The fraction of sp³-hybridized carbons (Fsp3) is 0.0345. The molecule has 0 amide bonds. The van der Waals surface area contributed by atoms with Gasteiger partial charge in [0.2, 0.25) is 11.8 Å². The number of aromatic nitrogens is 2. The van der Waals surface area contributed by atoms with E-state index in [2.05, 4.69) is 9.97 Å². The van der Waals surface area contributed by atoms with Gasteiger partial charge in [-0.15, -0.1) is 0 Å². The van der Waals surface area contributed by atoms with Crippen molar-refractivity contribution in [2.75, 3.05) is 0 Å². The normalized spacial score (nSPS) is 11.3. The Hall–Kier alpha value is -4.98. The summed E-state index contributed by atoms with van der Waals surface area (Å²) in [4.78, 5) is 33.9. The van der Waals surface area contributed by atoms with Gasteiger partial charge >= 0.3 is 11.3 Å². The first-order chi connectivity index (χ1) is 17.9. The lowest BCUT2D eigenvalue weighted by Crippen LogP contribution is -2.04. The summed E-state index contributed by atoms with van der Waals surface area (Å²) in [6.07, 6.45) is 0.459. The predicted octanol–water partition coefficient (Wildman–Crippen LogP) is 5.89. The third-order valence-corrected chi connectivity index (χ3v) is 5.94. The van der Waals surface area contributed by atoms with Crippen LogP contribution in [0.15, 0.2) is 103 Å². The maximum atomic E-state index is 13.7. The van der Waals surface area contributed by atoms with Crippen LogP contribution in [0.1, 0.15) is 11.1 Å². The van der Waals surface area contributed by atoms with Crippen molar-refractivity contribution in [3.05, 3.63) is 129 Å². The molecule has 0 aliphatic heterocycles. The highest BCUT2D eigenvalue weighted by Gasteiger charge is 2.12. The summed E-state index contributed by atoms with van der Waals surface area (Å²) >= 11 is 0. The molecule has 8 heteroatoms. The van der Waals surface area contributed by atoms with Crippen molar-refractivity contribution in [2.45, 2.75) is 6.42 Å². The van der Waals surface area contributed by atoms with Crippen molar-refractivity contribution in [2.24, 2.45) is 0 Å². The van der Waals surface area contributed by atoms with E-state index in [9.17, 15) is 18.4 Å². The lowest BCUT2D eigenvalue weighted by molar-refractivity contribution is 0.517. The van der Waals surface area contributed by atoms with E-state index in [1.165, 1.54) is 36.4 Å². The van der Waals surface area contributed by atoms with Gasteiger partial charge in [0.05, 0.1) is 21.8 Å². The van der Waals surface area contributed by atoms with Crippen molar-refractivity contribution in [3.8, 4) is 22.9 Å². The Bertz CT molecular complexity index is 1810. The van der Waals surface area contributed by atoms with Gasteiger partial charge in [-0.3, -0.25) is 0 Å². The molecule has 0 aliphatic carbocycles. The largest absolute Gasteiger partial charge is 0.403 e. The number of halogens is 2. The zero-order valence-electron chi connectivity index (χ0n) is 19.1. The number of nitrogens with zero attached hydrogens (tertiary/aromatic N) is 2. The number of benzene rings is 4. The monoisotopic (exact) mass is 494 g/mol. The summed E-state index contributed by atoms with van der Waals surface area (Å²) < 4.78 is 37.9. The lowest BCUT2D eigenvalue weighted by atomic mass is 10.0. The lowest BCUT2D eigenvalue weighted by Gasteiger charge is -2.07. The number of rotatable bonds is 4. The molecule has 6 rings (SSSR count). The van der Waals surface area contributed by atoms with Crippen LogP contribution in [-0.2, 0) is 6.42 Å². The highest BCUT2D eigenvalue weighted by molar-refractivity contribution is 5.81. The molecule has 0 saturated carbocycles. The Kier molecular flexibility index (Phi) is 5.41. The first kappa shape index (κ1) is 22.5. The standard InChI is InChI=1S/C29H16F2N2O4/c30-20-5-1-3-18(14-20)26-32-24-12-16(7-9-22(24)28(34)36-26)11-17-8-10-23-25(13-17)33-27(37-29(23)35)19-4-2-6-21(31)15-19/h1-10,12-15H,11H2. The second kappa shape index (κ2) is 8.91. The summed E-state index contributed by atoms with van der Waals surface area (Å²) in [5, 5.41) is 0.614. The van der Waals surface area contributed by atoms with Gasteiger partial charge in [-0.05, 0) is 78.2 Å². The molecule has 2 aromatic heterocycles. The van der Waals surface area contributed by atoms with E-state index >= 15 is 0 Å². The minimum Gasteiger partial charge on any atom is -0.403 e. The zero-order chi connectivity index (χ0) is 25.5. The van der Waals surface area contributed by atoms with Crippen molar-refractivity contribution in [1.82, 2.24) is 9.97 Å². The quantitative estimate of drug-likeness (QED) is 0.304. The topological polar surface area (TPSA) is 86.2 Å². The molecule has 0 atom stereocenters. The van der Waals surface area contributed by atoms with Crippen LogP contribution < -0.4 is 11.3 Å². The van der Waals surface area contributed by atoms with Gasteiger partial charge in [-0.2, -0.15) is 0 Å². The average molecular weight is 494 g/mol. The summed E-state index contributed by atoms with van der Waals surface area (Å²) in [5.41, 5.74) is 2.12. The van der Waals surface area contributed by atoms with Gasteiger partial charge in [-0.1, -0.05) is 24.3 Å². The van der Waals surface area contributed by atoms with Crippen LogP contribution in [0, 0.1) is 11.6 Å². The first-order valence-corrected chi connectivity index (χ1v) is 11.3. The number of hydrogen-bond acceptors (Lipinski definition) is 6. The summed E-state index contributed by atoms with van der Waals surface area (Å²) in [5.74, 6) is -0.869. The first-order valence-electron chi connectivity index (χ1n) is 11.3. The second-order valence-electron chi connectivity index (χ2n) is 8.51. The molecule has 0 unspecified atom stereocenters. The van der Waals surface area contributed by atoms with Gasteiger partial charge in [0.15, 0.2) is 0 Å². The Labute approximate surface area is 207 Å². The number of hydrogen-bond donors (Lipinski definition) is 0. The van der Waals surface area contributed by atoms with Crippen molar-refractivity contribution in [3.63, 3.8) is 0 Å². The molecule has 6 nitrogen and oxygen atoms in total. The fourth-order valence-corrected chi connectivity index (χ4v) is 4.18. The Morgan fingerprint density at radius 3 is 1.49 bits per heavy atom. The van der Waals surface area contributed by atoms with Gasteiger partial charge in [0, 0.05) is 11.1 Å². The summed E-state index contributed by atoms with van der Waals surface area (Å²) in [6.45, 7) is 0. The molecule has 6 aromatic rings. The van der Waals surface area contributed by atoms with Crippen molar-refractivity contribution in [1.29, 1.82) is 0 Å². The molecule has 4 aromatic carbocycles. The Morgan fingerprint density at radius 1 is 0.595 bits per heavy atom. The van der Waals surface area contributed by atoms with Gasteiger partial charge < -0.3 is 8.83 Å². The van der Waals surface area contributed by atoms with E-state index in [1.807, 2.05) is 0 Å². The van der Waals surface area contributed by atoms with E-state index in [1.54, 1.807) is 48.5 Å².